The van der Waals surface area contributed by atoms with Crippen LogP contribution in [0, 0.1) is 0 Å². The van der Waals surface area contributed by atoms with Gasteiger partial charge in [-0.3, -0.25) is 4.98 Å². The number of halogens is 1. The van der Waals surface area contributed by atoms with Gasteiger partial charge in [-0.25, -0.2) is 9.67 Å². The van der Waals surface area contributed by atoms with Crippen LogP contribution in [0.4, 0.5) is 0 Å². The maximum absolute atomic E-state index is 6.05. The van der Waals surface area contributed by atoms with Gasteiger partial charge in [-0.1, -0.05) is 11.6 Å². The molecule has 1 N–H and O–H groups in total. The van der Waals surface area contributed by atoms with Gasteiger partial charge in [-0.2, -0.15) is 5.10 Å². The Bertz CT molecular complexity index is 516. The summed E-state index contributed by atoms with van der Waals surface area (Å²) in [5, 5.41) is 8.20. The lowest BCUT2D eigenvalue weighted by Gasteiger charge is -2.03. The third kappa shape index (κ3) is 4.27. The van der Waals surface area contributed by atoms with Crippen molar-refractivity contribution in [3.05, 3.63) is 41.2 Å². The maximum Gasteiger partial charge on any atom is 0.164 e. The number of aromatic nitrogens is 4. The van der Waals surface area contributed by atoms with Crippen LogP contribution in [0.25, 0.3) is 0 Å². The topological polar surface area (TPSA) is 64.9 Å². The molecule has 7 heteroatoms. The number of hydrogen-bond donors (Lipinski definition) is 1. The van der Waals surface area contributed by atoms with Crippen LogP contribution in [-0.2, 0) is 17.8 Å². The Hall–Kier alpha value is -1.50. The highest BCUT2D eigenvalue weighted by molar-refractivity contribution is 6.31. The zero-order chi connectivity index (χ0) is 13.5. The SMILES string of the molecule is COCCNCc1ncn(Cc2ccncc2Cl)n1. The third-order valence-corrected chi connectivity index (χ3v) is 2.88. The van der Waals surface area contributed by atoms with Gasteiger partial charge in [0.05, 0.1) is 24.7 Å². The summed E-state index contributed by atoms with van der Waals surface area (Å²) in [6.45, 7) is 2.67. The van der Waals surface area contributed by atoms with Gasteiger partial charge in [0.15, 0.2) is 5.82 Å². The lowest BCUT2D eigenvalue weighted by molar-refractivity contribution is 0.199. The predicted molar refractivity (Wildman–Crippen MR) is 72.0 cm³/mol. The molecule has 0 aliphatic heterocycles. The van der Waals surface area contributed by atoms with E-state index in [9.17, 15) is 0 Å². The van der Waals surface area contributed by atoms with E-state index in [4.69, 9.17) is 16.3 Å². The van der Waals surface area contributed by atoms with E-state index in [1.165, 1.54) is 0 Å². The molecular formula is C12H16ClN5O. The van der Waals surface area contributed by atoms with Gasteiger partial charge in [-0.15, -0.1) is 0 Å². The minimum Gasteiger partial charge on any atom is -0.383 e. The van der Waals surface area contributed by atoms with E-state index in [2.05, 4.69) is 20.4 Å². The highest BCUT2D eigenvalue weighted by Gasteiger charge is 2.04. The zero-order valence-corrected chi connectivity index (χ0v) is 11.5. The van der Waals surface area contributed by atoms with Crippen LogP contribution >= 0.6 is 11.6 Å². The first-order chi connectivity index (χ1) is 9.29. The fraction of sp³-hybridized carbons (Fsp3) is 0.417. The van der Waals surface area contributed by atoms with Crippen LogP contribution in [0.3, 0.4) is 0 Å². The molecule has 0 radical (unpaired) electrons. The smallest absolute Gasteiger partial charge is 0.164 e. The molecule has 0 aromatic carbocycles. The number of hydrogen-bond acceptors (Lipinski definition) is 5. The molecule has 2 aromatic heterocycles. The fourth-order valence-electron chi connectivity index (χ4n) is 1.57. The Morgan fingerprint density at radius 1 is 1.47 bits per heavy atom. The number of pyridine rings is 1. The van der Waals surface area contributed by atoms with E-state index in [1.807, 2.05) is 6.07 Å². The van der Waals surface area contributed by atoms with Crippen molar-refractivity contribution >= 4 is 11.6 Å². The largest absolute Gasteiger partial charge is 0.383 e. The Morgan fingerprint density at radius 3 is 3.16 bits per heavy atom. The maximum atomic E-state index is 6.05. The van der Waals surface area contributed by atoms with Gasteiger partial charge >= 0.3 is 0 Å². The highest BCUT2D eigenvalue weighted by atomic mass is 35.5. The van der Waals surface area contributed by atoms with Gasteiger partial charge < -0.3 is 10.1 Å². The van der Waals surface area contributed by atoms with Crippen molar-refractivity contribution in [2.45, 2.75) is 13.1 Å². The number of nitrogens with zero attached hydrogens (tertiary/aromatic N) is 4. The first-order valence-electron chi connectivity index (χ1n) is 5.96. The molecular weight excluding hydrogens is 266 g/mol. The van der Waals surface area contributed by atoms with E-state index >= 15 is 0 Å². The number of ether oxygens (including phenoxy) is 1. The van der Waals surface area contributed by atoms with Gasteiger partial charge in [0.25, 0.3) is 0 Å². The molecule has 2 aromatic rings. The number of nitrogens with one attached hydrogen (secondary N) is 1. The van der Waals surface area contributed by atoms with Gasteiger partial charge in [0.2, 0.25) is 0 Å². The molecule has 0 unspecified atom stereocenters. The average molecular weight is 282 g/mol. The molecule has 2 rings (SSSR count). The van der Waals surface area contributed by atoms with Crippen LogP contribution < -0.4 is 5.32 Å². The second-order valence-electron chi connectivity index (χ2n) is 4.00. The second-order valence-corrected chi connectivity index (χ2v) is 4.40. The van der Waals surface area contributed by atoms with Gasteiger partial charge in [-0.05, 0) is 11.6 Å². The molecule has 0 spiro atoms. The van der Waals surface area contributed by atoms with Crippen molar-refractivity contribution in [1.29, 1.82) is 0 Å². The van der Waals surface area contributed by atoms with E-state index in [-0.39, 0.29) is 0 Å². The van der Waals surface area contributed by atoms with Crippen LogP contribution in [-0.4, -0.2) is 40.0 Å². The van der Waals surface area contributed by atoms with Crippen molar-refractivity contribution < 1.29 is 4.74 Å². The number of methoxy groups -OCH3 is 1. The van der Waals surface area contributed by atoms with Gasteiger partial charge in [0, 0.05) is 26.0 Å². The Balaban J connectivity index is 1.89. The summed E-state index contributed by atoms with van der Waals surface area (Å²) in [6, 6.07) is 1.88. The summed E-state index contributed by atoms with van der Waals surface area (Å²) in [5.41, 5.74) is 0.973. The lowest BCUT2D eigenvalue weighted by Crippen LogP contribution is -2.19. The lowest BCUT2D eigenvalue weighted by atomic mass is 10.3. The fourth-order valence-corrected chi connectivity index (χ4v) is 1.75. The molecule has 2 heterocycles. The summed E-state index contributed by atoms with van der Waals surface area (Å²) in [7, 11) is 1.67. The molecule has 0 fully saturated rings. The molecule has 0 saturated heterocycles. The van der Waals surface area contributed by atoms with Crippen LogP contribution in [0.2, 0.25) is 5.02 Å². The molecule has 0 amide bonds. The van der Waals surface area contributed by atoms with E-state index in [0.29, 0.717) is 24.7 Å². The van der Waals surface area contributed by atoms with Crippen LogP contribution in [0.1, 0.15) is 11.4 Å². The van der Waals surface area contributed by atoms with E-state index < -0.39 is 0 Å². The van der Waals surface area contributed by atoms with Crippen molar-refractivity contribution in [3.63, 3.8) is 0 Å². The average Bonchev–Trinajstić information content (AvgIpc) is 2.85. The summed E-state index contributed by atoms with van der Waals surface area (Å²) in [4.78, 5) is 8.18. The quantitative estimate of drug-likeness (QED) is 0.770. The monoisotopic (exact) mass is 281 g/mol. The molecule has 0 bridgehead atoms. The molecule has 19 heavy (non-hydrogen) atoms. The Morgan fingerprint density at radius 2 is 2.37 bits per heavy atom. The Labute approximate surface area is 116 Å². The second kappa shape index (κ2) is 7.18. The third-order valence-electron chi connectivity index (χ3n) is 2.54. The summed E-state index contributed by atoms with van der Waals surface area (Å²) < 4.78 is 6.71. The summed E-state index contributed by atoms with van der Waals surface area (Å²) in [5.74, 6) is 0.751. The Kier molecular flexibility index (Phi) is 5.26. The predicted octanol–water partition coefficient (Wildman–Crippen LogP) is 1.11. The molecule has 0 saturated carbocycles. The molecule has 0 aliphatic rings. The molecule has 6 nitrogen and oxygen atoms in total. The van der Waals surface area contributed by atoms with Crippen LogP contribution in [0.15, 0.2) is 24.8 Å². The number of rotatable bonds is 7. The first kappa shape index (κ1) is 13.9. The van der Waals surface area contributed by atoms with E-state index in [1.54, 1.807) is 30.5 Å². The normalized spacial score (nSPS) is 10.8. The molecule has 102 valence electrons. The minimum atomic E-state index is 0.590. The van der Waals surface area contributed by atoms with Crippen molar-refractivity contribution in [2.24, 2.45) is 0 Å². The van der Waals surface area contributed by atoms with E-state index in [0.717, 1.165) is 17.9 Å². The van der Waals surface area contributed by atoms with Crippen molar-refractivity contribution in [1.82, 2.24) is 25.1 Å². The zero-order valence-electron chi connectivity index (χ0n) is 10.7. The highest BCUT2D eigenvalue weighted by Crippen LogP contribution is 2.14. The minimum absolute atomic E-state index is 0.590. The molecule has 0 aliphatic carbocycles. The van der Waals surface area contributed by atoms with Crippen molar-refractivity contribution in [3.8, 4) is 0 Å². The summed E-state index contributed by atoms with van der Waals surface area (Å²) in [6.07, 6.45) is 5.04. The first-order valence-corrected chi connectivity index (χ1v) is 6.34. The van der Waals surface area contributed by atoms with Crippen molar-refractivity contribution in [2.75, 3.05) is 20.3 Å². The summed E-state index contributed by atoms with van der Waals surface area (Å²) >= 11 is 6.05. The standard InChI is InChI=1S/C12H16ClN5O/c1-19-5-4-15-7-12-16-9-18(17-12)8-10-2-3-14-6-11(10)13/h2-3,6,9,15H,4-5,7-8H2,1H3. The van der Waals surface area contributed by atoms with Gasteiger partial charge in [0.1, 0.15) is 6.33 Å². The van der Waals surface area contributed by atoms with Crippen LogP contribution in [0.5, 0.6) is 0 Å². The molecule has 0 atom stereocenters.